The van der Waals surface area contributed by atoms with Crippen molar-refractivity contribution < 1.29 is 0 Å². The van der Waals surface area contributed by atoms with Gasteiger partial charge in [-0.1, -0.05) is 40.0 Å². The lowest BCUT2D eigenvalue weighted by Gasteiger charge is -2.53. The Hall–Kier alpha value is -0.0800. The smallest absolute Gasteiger partial charge is 0.0382 e. The summed E-state index contributed by atoms with van der Waals surface area (Å²) >= 11 is 0. The molecule has 0 saturated heterocycles. The van der Waals surface area contributed by atoms with Crippen LogP contribution in [0.15, 0.2) is 0 Å². The molecule has 106 valence electrons. The summed E-state index contributed by atoms with van der Waals surface area (Å²) in [6.07, 6.45) is 9.55. The lowest BCUT2D eigenvalue weighted by atomic mass is 9.71. The Bertz CT molecular complexity index is 287. The highest BCUT2D eigenvalue weighted by Gasteiger charge is 2.52. The van der Waals surface area contributed by atoms with Gasteiger partial charge in [-0.05, 0) is 44.1 Å². The van der Waals surface area contributed by atoms with E-state index < -0.39 is 0 Å². The molecule has 3 unspecified atom stereocenters. The van der Waals surface area contributed by atoms with Gasteiger partial charge in [0.25, 0.3) is 0 Å². The quantitative estimate of drug-likeness (QED) is 0.834. The largest absolute Gasteiger partial charge is 0.329 e. The van der Waals surface area contributed by atoms with Gasteiger partial charge in [-0.25, -0.2) is 0 Å². The van der Waals surface area contributed by atoms with Crippen molar-refractivity contribution in [1.82, 2.24) is 4.90 Å². The maximum absolute atomic E-state index is 6.26. The molecule has 0 aromatic rings. The third-order valence-electron chi connectivity index (χ3n) is 6.23. The zero-order valence-electron chi connectivity index (χ0n) is 12.8. The van der Waals surface area contributed by atoms with Gasteiger partial charge in [0.15, 0.2) is 0 Å². The molecule has 2 saturated carbocycles. The minimum absolute atomic E-state index is 0.239. The van der Waals surface area contributed by atoms with Crippen molar-refractivity contribution in [2.24, 2.45) is 17.1 Å². The topological polar surface area (TPSA) is 29.3 Å². The van der Waals surface area contributed by atoms with E-state index in [9.17, 15) is 0 Å². The minimum atomic E-state index is 0.239. The molecule has 18 heavy (non-hydrogen) atoms. The average Bonchev–Trinajstić information content (AvgIpc) is 2.65. The van der Waals surface area contributed by atoms with E-state index in [-0.39, 0.29) is 5.54 Å². The summed E-state index contributed by atoms with van der Waals surface area (Å²) in [7, 11) is 2.35. The first-order valence-electron chi connectivity index (χ1n) is 7.88. The molecule has 0 heterocycles. The number of nitrogens with zero attached hydrogens (tertiary/aromatic N) is 1. The van der Waals surface area contributed by atoms with E-state index in [0.29, 0.717) is 5.41 Å². The van der Waals surface area contributed by atoms with Crippen molar-refractivity contribution in [2.75, 3.05) is 13.6 Å². The summed E-state index contributed by atoms with van der Waals surface area (Å²) in [6.45, 7) is 8.11. The van der Waals surface area contributed by atoms with Crippen LogP contribution in [-0.4, -0.2) is 30.1 Å². The standard InChI is InChI=1S/C16H32N2/c1-13-8-5-6-9-14(13)18(4)16(12-17)11-7-10-15(16,2)3/h13-14H,5-12,17H2,1-4H3. The summed E-state index contributed by atoms with van der Waals surface area (Å²) < 4.78 is 0. The van der Waals surface area contributed by atoms with Crippen LogP contribution in [-0.2, 0) is 0 Å². The van der Waals surface area contributed by atoms with E-state index in [1.807, 2.05) is 0 Å². The molecular formula is C16H32N2. The van der Waals surface area contributed by atoms with Gasteiger partial charge in [0.1, 0.15) is 0 Å². The summed E-state index contributed by atoms with van der Waals surface area (Å²) in [5.74, 6) is 0.837. The van der Waals surface area contributed by atoms with Gasteiger partial charge in [0.05, 0.1) is 0 Å². The summed E-state index contributed by atoms with van der Waals surface area (Å²) in [5, 5.41) is 0. The summed E-state index contributed by atoms with van der Waals surface area (Å²) in [5.41, 5.74) is 6.86. The van der Waals surface area contributed by atoms with Gasteiger partial charge in [0, 0.05) is 18.1 Å². The molecule has 2 aliphatic rings. The number of hydrogen-bond donors (Lipinski definition) is 1. The molecule has 0 aromatic heterocycles. The van der Waals surface area contributed by atoms with E-state index in [2.05, 4.69) is 32.7 Å². The number of likely N-dealkylation sites (N-methyl/N-ethyl adjacent to an activating group) is 1. The van der Waals surface area contributed by atoms with Crippen molar-refractivity contribution in [3.63, 3.8) is 0 Å². The molecule has 0 aromatic carbocycles. The maximum Gasteiger partial charge on any atom is 0.0382 e. The van der Waals surface area contributed by atoms with Crippen LogP contribution < -0.4 is 5.73 Å². The highest BCUT2D eigenvalue weighted by Crippen LogP contribution is 2.50. The van der Waals surface area contributed by atoms with Crippen LogP contribution in [0.3, 0.4) is 0 Å². The second kappa shape index (κ2) is 5.13. The second-order valence-electron chi connectivity index (χ2n) is 7.41. The van der Waals surface area contributed by atoms with Crippen LogP contribution >= 0.6 is 0 Å². The SMILES string of the molecule is CC1CCCCC1N(C)C1(CN)CCCC1(C)C. The van der Waals surface area contributed by atoms with E-state index >= 15 is 0 Å². The molecule has 0 spiro atoms. The van der Waals surface area contributed by atoms with Crippen molar-refractivity contribution in [3.05, 3.63) is 0 Å². The van der Waals surface area contributed by atoms with Crippen molar-refractivity contribution in [3.8, 4) is 0 Å². The Morgan fingerprint density at radius 2 is 1.78 bits per heavy atom. The van der Waals surface area contributed by atoms with Crippen LogP contribution in [0.1, 0.15) is 65.7 Å². The van der Waals surface area contributed by atoms with E-state index in [0.717, 1.165) is 18.5 Å². The number of nitrogens with two attached hydrogens (primary N) is 1. The molecule has 2 aliphatic carbocycles. The Balaban J connectivity index is 2.21. The molecule has 2 rings (SSSR count). The monoisotopic (exact) mass is 252 g/mol. The molecule has 2 fully saturated rings. The lowest BCUT2D eigenvalue weighted by molar-refractivity contribution is -0.0255. The normalized spacial score (nSPS) is 40.3. The number of hydrogen-bond acceptors (Lipinski definition) is 2. The van der Waals surface area contributed by atoms with Crippen molar-refractivity contribution in [1.29, 1.82) is 0 Å². The summed E-state index contributed by atoms with van der Waals surface area (Å²) in [4.78, 5) is 2.70. The van der Waals surface area contributed by atoms with Crippen molar-refractivity contribution in [2.45, 2.75) is 77.3 Å². The van der Waals surface area contributed by atoms with Crippen LogP contribution in [0, 0.1) is 11.3 Å². The van der Waals surface area contributed by atoms with Gasteiger partial charge in [-0.3, -0.25) is 4.90 Å². The third-order valence-corrected chi connectivity index (χ3v) is 6.23. The van der Waals surface area contributed by atoms with E-state index in [4.69, 9.17) is 5.73 Å². The average molecular weight is 252 g/mol. The Morgan fingerprint density at radius 3 is 2.28 bits per heavy atom. The maximum atomic E-state index is 6.26. The first-order valence-corrected chi connectivity index (χ1v) is 7.88. The van der Waals surface area contributed by atoms with Crippen LogP contribution in [0.5, 0.6) is 0 Å². The highest BCUT2D eigenvalue weighted by molar-refractivity contribution is 5.08. The molecule has 0 aliphatic heterocycles. The molecule has 2 nitrogen and oxygen atoms in total. The molecule has 0 bridgehead atoms. The fourth-order valence-corrected chi connectivity index (χ4v) is 4.76. The Morgan fingerprint density at radius 1 is 1.11 bits per heavy atom. The molecule has 0 radical (unpaired) electrons. The third kappa shape index (κ3) is 2.12. The Kier molecular flexibility index (Phi) is 4.08. The van der Waals surface area contributed by atoms with Gasteiger partial charge >= 0.3 is 0 Å². The highest BCUT2D eigenvalue weighted by atomic mass is 15.2. The first kappa shape index (κ1) is 14.3. The summed E-state index contributed by atoms with van der Waals surface area (Å²) in [6, 6.07) is 0.750. The number of rotatable bonds is 3. The minimum Gasteiger partial charge on any atom is -0.329 e. The van der Waals surface area contributed by atoms with Gasteiger partial charge < -0.3 is 5.73 Å². The van der Waals surface area contributed by atoms with E-state index in [1.165, 1.54) is 44.9 Å². The van der Waals surface area contributed by atoms with Crippen LogP contribution in [0.2, 0.25) is 0 Å². The first-order chi connectivity index (χ1) is 8.44. The molecule has 2 N–H and O–H groups in total. The predicted octanol–water partition coefficient (Wildman–Crippen LogP) is 3.40. The molecule has 2 heteroatoms. The van der Waals surface area contributed by atoms with Gasteiger partial charge in [-0.15, -0.1) is 0 Å². The zero-order valence-corrected chi connectivity index (χ0v) is 12.8. The molecule has 0 amide bonds. The predicted molar refractivity (Wildman–Crippen MR) is 78.6 cm³/mol. The van der Waals surface area contributed by atoms with Gasteiger partial charge in [0.2, 0.25) is 0 Å². The van der Waals surface area contributed by atoms with Gasteiger partial charge in [-0.2, -0.15) is 0 Å². The second-order valence-corrected chi connectivity index (χ2v) is 7.41. The van der Waals surface area contributed by atoms with Crippen LogP contribution in [0.25, 0.3) is 0 Å². The lowest BCUT2D eigenvalue weighted by Crippen LogP contribution is -2.62. The fourth-order valence-electron chi connectivity index (χ4n) is 4.76. The van der Waals surface area contributed by atoms with Crippen molar-refractivity contribution >= 4 is 0 Å². The molecule has 3 atom stereocenters. The van der Waals surface area contributed by atoms with Crippen LogP contribution in [0.4, 0.5) is 0 Å². The molecular weight excluding hydrogens is 220 g/mol. The zero-order chi connectivity index (χ0) is 13.4. The Labute approximate surface area is 113 Å². The fraction of sp³-hybridized carbons (Fsp3) is 1.00. The van der Waals surface area contributed by atoms with E-state index in [1.54, 1.807) is 0 Å².